The smallest absolute Gasteiger partial charge is 0.319 e. The Morgan fingerprint density at radius 1 is 1.00 bits per heavy atom. The lowest BCUT2D eigenvalue weighted by Crippen LogP contribution is -2.29. The van der Waals surface area contributed by atoms with Crippen molar-refractivity contribution in [2.45, 2.75) is 46.1 Å². The van der Waals surface area contributed by atoms with Crippen molar-refractivity contribution in [3.63, 3.8) is 0 Å². The van der Waals surface area contributed by atoms with Crippen molar-refractivity contribution < 1.29 is 4.79 Å². The van der Waals surface area contributed by atoms with Gasteiger partial charge in [0, 0.05) is 11.9 Å². The Hall–Kier alpha value is -2.36. The molecule has 4 nitrogen and oxygen atoms in total. The van der Waals surface area contributed by atoms with E-state index in [2.05, 4.69) is 61.5 Å². The number of carbonyl (C=O) groups is 1. The Labute approximate surface area is 138 Å². The number of benzene rings is 1. The molecule has 0 aliphatic carbocycles. The number of hydrogen-bond donors (Lipinski definition) is 2. The first-order valence-corrected chi connectivity index (χ1v) is 8.06. The van der Waals surface area contributed by atoms with Crippen molar-refractivity contribution in [3.8, 4) is 0 Å². The molecule has 2 amide bonds. The summed E-state index contributed by atoms with van der Waals surface area (Å²) in [5, 5.41) is 5.90. The van der Waals surface area contributed by atoms with Gasteiger partial charge in [0.2, 0.25) is 0 Å². The van der Waals surface area contributed by atoms with E-state index in [4.69, 9.17) is 0 Å². The van der Waals surface area contributed by atoms with E-state index in [1.807, 2.05) is 18.2 Å². The molecule has 0 fully saturated rings. The first kappa shape index (κ1) is 17.0. The standard InChI is InChI=1S/C19H25N3O/c1-13(2)16-9-7-10-17(14(3)4)18(16)22-19(23)21-12-15-8-5-6-11-20-15/h5-11,13-14H,12H2,1-4H3,(H2,21,22,23). The van der Waals surface area contributed by atoms with E-state index in [1.165, 1.54) is 0 Å². The summed E-state index contributed by atoms with van der Waals surface area (Å²) in [6, 6.07) is 11.7. The number of rotatable bonds is 5. The summed E-state index contributed by atoms with van der Waals surface area (Å²) in [6.07, 6.45) is 1.72. The zero-order valence-corrected chi connectivity index (χ0v) is 14.3. The molecule has 2 rings (SSSR count). The fourth-order valence-corrected chi connectivity index (χ4v) is 2.53. The molecular weight excluding hydrogens is 286 g/mol. The van der Waals surface area contributed by atoms with Crippen LogP contribution in [-0.4, -0.2) is 11.0 Å². The SMILES string of the molecule is CC(C)c1cccc(C(C)C)c1NC(=O)NCc1ccccn1. The highest BCUT2D eigenvalue weighted by atomic mass is 16.2. The van der Waals surface area contributed by atoms with Crippen LogP contribution in [0.25, 0.3) is 0 Å². The van der Waals surface area contributed by atoms with Crippen LogP contribution in [-0.2, 0) is 6.54 Å². The second-order valence-electron chi connectivity index (χ2n) is 6.25. The molecule has 4 heteroatoms. The lowest BCUT2D eigenvalue weighted by atomic mass is 9.93. The maximum Gasteiger partial charge on any atom is 0.319 e. The second-order valence-corrected chi connectivity index (χ2v) is 6.25. The number of carbonyl (C=O) groups excluding carboxylic acids is 1. The Balaban J connectivity index is 2.13. The Kier molecular flexibility index (Phi) is 5.74. The molecule has 0 radical (unpaired) electrons. The minimum Gasteiger partial charge on any atom is -0.332 e. The lowest BCUT2D eigenvalue weighted by Gasteiger charge is -2.20. The van der Waals surface area contributed by atoms with Gasteiger partial charge in [-0.1, -0.05) is 52.0 Å². The third-order valence-corrected chi connectivity index (χ3v) is 3.77. The first-order valence-electron chi connectivity index (χ1n) is 8.06. The zero-order chi connectivity index (χ0) is 16.8. The Morgan fingerprint density at radius 2 is 1.65 bits per heavy atom. The number of hydrogen-bond acceptors (Lipinski definition) is 2. The van der Waals surface area contributed by atoms with Gasteiger partial charge in [-0.25, -0.2) is 4.79 Å². The molecular formula is C19H25N3O. The molecule has 0 bridgehead atoms. The van der Waals surface area contributed by atoms with Gasteiger partial charge in [-0.2, -0.15) is 0 Å². The molecule has 0 saturated carbocycles. The third-order valence-electron chi connectivity index (χ3n) is 3.77. The van der Waals surface area contributed by atoms with Crippen molar-refractivity contribution in [1.29, 1.82) is 0 Å². The number of nitrogens with zero attached hydrogens (tertiary/aromatic N) is 1. The summed E-state index contributed by atoms with van der Waals surface area (Å²) >= 11 is 0. The van der Waals surface area contributed by atoms with E-state index in [-0.39, 0.29) is 6.03 Å². The molecule has 0 aliphatic rings. The van der Waals surface area contributed by atoms with Crippen LogP contribution in [0.5, 0.6) is 0 Å². The monoisotopic (exact) mass is 311 g/mol. The minimum atomic E-state index is -0.203. The average Bonchev–Trinajstić information content (AvgIpc) is 2.53. The lowest BCUT2D eigenvalue weighted by molar-refractivity contribution is 0.251. The molecule has 23 heavy (non-hydrogen) atoms. The van der Waals surface area contributed by atoms with Gasteiger partial charge in [0.15, 0.2) is 0 Å². The van der Waals surface area contributed by atoms with Crippen LogP contribution in [0, 0.1) is 0 Å². The number of para-hydroxylation sites is 1. The van der Waals surface area contributed by atoms with Gasteiger partial charge in [0.25, 0.3) is 0 Å². The normalized spacial score (nSPS) is 10.9. The van der Waals surface area contributed by atoms with Gasteiger partial charge >= 0.3 is 6.03 Å². The van der Waals surface area contributed by atoms with E-state index >= 15 is 0 Å². The quantitative estimate of drug-likeness (QED) is 0.844. The molecule has 122 valence electrons. The summed E-state index contributed by atoms with van der Waals surface area (Å²) in [5.74, 6) is 0.694. The van der Waals surface area contributed by atoms with Crippen LogP contribution >= 0.6 is 0 Å². The number of pyridine rings is 1. The highest BCUT2D eigenvalue weighted by Crippen LogP contribution is 2.32. The highest BCUT2D eigenvalue weighted by Gasteiger charge is 2.15. The van der Waals surface area contributed by atoms with E-state index in [0.717, 1.165) is 22.5 Å². The van der Waals surface area contributed by atoms with Crippen LogP contribution in [0.2, 0.25) is 0 Å². The van der Waals surface area contributed by atoms with Crippen LogP contribution in [0.1, 0.15) is 56.4 Å². The van der Waals surface area contributed by atoms with Crippen LogP contribution in [0.3, 0.4) is 0 Å². The van der Waals surface area contributed by atoms with Crippen molar-refractivity contribution in [2.75, 3.05) is 5.32 Å². The number of aromatic nitrogens is 1. The maximum atomic E-state index is 12.3. The summed E-state index contributed by atoms with van der Waals surface area (Å²) in [5.41, 5.74) is 4.08. The number of nitrogens with one attached hydrogen (secondary N) is 2. The summed E-state index contributed by atoms with van der Waals surface area (Å²) < 4.78 is 0. The van der Waals surface area contributed by atoms with E-state index in [9.17, 15) is 4.79 Å². The Morgan fingerprint density at radius 3 is 2.17 bits per heavy atom. The fourth-order valence-electron chi connectivity index (χ4n) is 2.53. The predicted octanol–water partition coefficient (Wildman–Crippen LogP) is 4.65. The number of anilines is 1. The van der Waals surface area contributed by atoms with Crippen molar-refractivity contribution in [2.24, 2.45) is 0 Å². The second kappa shape index (κ2) is 7.77. The van der Waals surface area contributed by atoms with E-state index in [0.29, 0.717) is 18.4 Å². The molecule has 2 aromatic rings. The fraction of sp³-hybridized carbons (Fsp3) is 0.368. The largest absolute Gasteiger partial charge is 0.332 e. The van der Waals surface area contributed by atoms with Crippen LogP contribution in [0.4, 0.5) is 10.5 Å². The third kappa shape index (κ3) is 4.55. The number of amides is 2. The first-order chi connectivity index (χ1) is 11.0. The molecule has 0 unspecified atom stereocenters. The average molecular weight is 311 g/mol. The van der Waals surface area contributed by atoms with Gasteiger partial charge in [-0.05, 0) is 35.1 Å². The van der Waals surface area contributed by atoms with Crippen LogP contribution in [0.15, 0.2) is 42.6 Å². The van der Waals surface area contributed by atoms with Gasteiger partial charge < -0.3 is 10.6 Å². The molecule has 2 N–H and O–H groups in total. The molecule has 0 spiro atoms. The maximum absolute atomic E-state index is 12.3. The van der Waals surface area contributed by atoms with E-state index in [1.54, 1.807) is 6.20 Å². The topological polar surface area (TPSA) is 54.0 Å². The molecule has 1 heterocycles. The highest BCUT2D eigenvalue weighted by molar-refractivity contribution is 5.91. The number of urea groups is 1. The summed E-state index contributed by atoms with van der Waals surface area (Å²) in [4.78, 5) is 16.5. The molecule has 0 aliphatic heterocycles. The molecule has 1 aromatic heterocycles. The molecule has 1 aromatic carbocycles. The zero-order valence-electron chi connectivity index (χ0n) is 14.3. The van der Waals surface area contributed by atoms with Gasteiger partial charge in [0.05, 0.1) is 12.2 Å². The molecule has 0 saturated heterocycles. The predicted molar refractivity (Wildman–Crippen MR) is 94.7 cm³/mol. The van der Waals surface area contributed by atoms with Crippen molar-refractivity contribution in [3.05, 3.63) is 59.4 Å². The van der Waals surface area contributed by atoms with Gasteiger partial charge in [0.1, 0.15) is 0 Å². The van der Waals surface area contributed by atoms with Crippen molar-refractivity contribution >= 4 is 11.7 Å². The van der Waals surface area contributed by atoms with Gasteiger partial charge in [-0.3, -0.25) is 4.98 Å². The van der Waals surface area contributed by atoms with Gasteiger partial charge in [-0.15, -0.1) is 0 Å². The molecule has 0 atom stereocenters. The van der Waals surface area contributed by atoms with Crippen LogP contribution < -0.4 is 10.6 Å². The summed E-state index contributed by atoms with van der Waals surface area (Å²) in [6.45, 7) is 8.95. The van der Waals surface area contributed by atoms with E-state index < -0.39 is 0 Å². The minimum absolute atomic E-state index is 0.203. The Bertz CT molecular complexity index is 625. The summed E-state index contributed by atoms with van der Waals surface area (Å²) in [7, 11) is 0. The van der Waals surface area contributed by atoms with Crippen molar-refractivity contribution in [1.82, 2.24) is 10.3 Å².